The maximum Gasteiger partial charge on any atom is 0.122 e. The minimum absolute atomic E-state index is 0.447. The Bertz CT molecular complexity index is 339. The molecule has 0 radical (unpaired) electrons. The maximum atomic E-state index is 5.36. The molecule has 0 aliphatic heterocycles. The minimum Gasteiger partial charge on any atom is -0.496 e. The molecule has 1 unspecified atom stereocenters. The molecule has 0 saturated heterocycles. The average Bonchev–Trinajstić information content (AvgIpc) is 2.16. The SMILES string of the molecule is COc1ccc(Br)cc1CC(C)NC(C)C. The Balaban J connectivity index is 2.74. The van der Waals surface area contributed by atoms with Crippen molar-refractivity contribution in [3.8, 4) is 5.75 Å². The lowest BCUT2D eigenvalue weighted by Crippen LogP contribution is -2.33. The van der Waals surface area contributed by atoms with Gasteiger partial charge in [-0.25, -0.2) is 0 Å². The fraction of sp³-hybridized carbons (Fsp3) is 0.538. The molecule has 1 atom stereocenters. The highest BCUT2D eigenvalue weighted by molar-refractivity contribution is 9.10. The zero-order valence-corrected chi connectivity index (χ0v) is 12.0. The third kappa shape index (κ3) is 4.14. The number of nitrogens with one attached hydrogen (secondary N) is 1. The summed E-state index contributed by atoms with van der Waals surface area (Å²) >= 11 is 3.49. The van der Waals surface area contributed by atoms with Crippen molar-refractivity contribution in [3.63, 3.8) is 0 Å². The largest absolute Gasteiger partial charge is 0.496 e. The van der Waals surface area contributed by atoms with Crippen LogP contribution in [0.2, 0.25) is 0 Å². The van der Waals surface area contributed by atoms with Crippen LogP contribution in [-0.2, 0) is 6.42 Å². The molecule has 3 heteroatoms. The van der Waals surface area contributed by atoms with Gasteiger partial charge < -0.3 is 10.1 Å². The minimum atomic E-state index is 0.447. The van der Waals surface area contributed by atoms with Crippen molar-refractivity contribution < 1.29 is 4.74 Å². The Hall–Kier alpha value is -0.540. The van der Waals surface area contributed by atoms with Crippen LogP contribution in [0.5, 0.6) is 5.75 Å². The van der Waals surface area contributed by atoms with E-state index in [9.17, 15) is 0 Å². The highest BCUT2D eigenvalue weighted by Gasteiger charge is 2.09. The quantitative estimate of drug-likeness (QED) is 0.896. The fourth-order valence-corrected chi connectivity index (χ4v) is 2.27. The Morgan fingerprint density at radius 2 is 2.00 bits per heavy atom. The van der Waals surface area contributed by atoms with E-state index in [1.807, 2.05) is 12.1 Å². The van der Waals surface area contributed by atoms with E-state index in [0.717, 1.165) is 16.6 Å². The summed E-state index contributed by atoms with van der Waals surface area (Å²) in [6.45, 7) is 6.52. The van der Waals surface area contributed by atoms with Gasteiger partial charge in [0.25, 0.3) is 0 Å². The Morgan fingerprint density at radius 1 is 1.31 bits per heavy atom. The van der Waals surface area contributed by atoms with E-state index < -0.39 is 0 Å². The van der Waals surface area contributed by atoms with Crippen molar-refractivity contribution in [2.24, 2.45) is 0 Å². The lowest BCUT2D eigenvalue weighted by Gasteiger charge is -2.18. The molecule has 0 bridgehead atoms. The Morgan fingerprint density at radius 3 is 2.56 bits per heavy atom. The maximum absolute atomic E-state index is 5.36. The van der Waals surface area contributed by atoms with Gasteiger partial charge in [-0.2, -0.15) is 0 Å². The van der Waals surface area contributed by atoms with Gasteiger partial charge in [-0.3, -0.25) is 0 Å². The molecule has 0 spiro atoms. The van der Waals surface area contributed by atoms with Gasteiger partial charge in [-0.05, 0) is 37.1 Å². The van der Waals surface area contributed by atoms with Gasteiger partial charge >= 0.3 is 0 Å². The lowest BCUT2D eigenvalue weighted by atomic mass is 10.1. The molecule has 0 fully saturated rings. The second kappa shape index (κ2) is 6.26. The highest BCUT2D eigenvalue weighted by atomic mass is 79.9. The van der Waals surface area contributed by atoms with Gasteiger partial charge in [0.1, 0.15) is 5.75 Å². The highest BCUT2D eigenvalue weighted by Crippen LogP contribution is 2.24. The van der Waals surface area contributed by atoms with E-state index in [0.29, 0.717) is 12.1 Å². The van der Waals surface area contributed by atoms with Crippen LogP contribution in [0.15, 0.2) is 22.7 Å². The smallest absolute Gasteiger partial charge is 0.122 e. The van der Waals surface area contributed by atoms with Crippen LogP contribution in [0.1, 0.15) is 26.3 Å². The molecule has 1 rings (SSSR count). The van der Waals surface area contributed by atoms with E-state index >= 15 is 0 Å². The van der Waals surface area contributed by atoms with Gasteiger partial charge in [0.05, 0.1) is 7.11 Å². The molecule has 0 aliphatic rings. The predicted octanol–water partition coefficient (Wildman–Crippen LogP) is 3.39. The Labute approximate surface area is 107 Å². The molecule has 1 N–H and O–H groups in total. The van der Waals surface area contributed by atoms with E-state index in [4.69, 9.17) is 4.74 Å². The van der Waals surface area contributed by atoms with E-state index in [1.54, 1.807) is 7.11 Å². The zero-order valence-electron chi connectivity index (χ0n) is 10.4. The first-order valence-corrected chi connectivity index (χ1v) is 6.40. The van der Waals surface area contributed by atoms with Crippen LogP contribution in [0.25, 0.3) is 0 Å². The van der Waals surface area contributed by atoms with E-state index in [2.05, 4.69) is 48.1 Å². The number of ether oxygens (including phenoxy) is 1. The number of hydrogen-bond acceptors (Lipinski definition) is 2. The average molecular weight is 286 g/mol. The number of hydrogen-bond donors (Lipinski definition) is 1. The molecule has 2 nitrogen and oxygen atoms in total. The summed E-state index contributed by atoms with van der Waals surface area (Å²) in [4.78, 5) is 0. The number of rotatable bonds is 5. The van der Waals surface area contributed by atoms with Crippen LogP contribution >= 0.6 is 15.9 Å². The molecule has 90 valence electrons. The van der Waals surface area contributed by atoms with E-state index in [-0.39, 0.29) is 0 Å². The summed E-state index contributed by atoms with van der Waals surface area (Å²) < 4.78 is 6.45. The van der Waals surface area contributed by atoms with Gasteiger partial charge in [-0.15, -0.1) is 0 Å². The number of halogens is 1. The van der Waals surface area contributed by atoms with Gasteiger partial charge in [0.2, 0.25) is 0 Å². The normalized spacial score (nSPS) is 12.9. The van der Waals surface area contributed by atoms with Crippen LogP contribution in [-0.4, -0.2) is 19.2 Å². The molecule has 1 aromatic carbocycles. The Kier molecular flexibility index (Phi) is 5.29. The molecule has 0 aliphatic carbocycles. The van der Waals surface area contributed by atoms with Gasteiger partial charge in [0.15, 0.2) is 0 Å². The molecule has 16 heavy (non-hydrogen) atoms. The first kappa shape index (κ1) is 13.5. The molecule has 0 amide bonds. The van der Waals surface area contributed by atoms with Gasteiger partial charge in [0, 0.05) is 16.6 Å². The van der Waals surface area contributed by atoms with E-state index in [1.165, 1.54) is 5.56 Å². The number of benzene rings is 1. The van der Waals surface area contributed by atoms with Crippen molar-refractivity contribution in [3.05, 3.63) is 28.2 Å². The fourth-order valence-electron chi connectivity index (χ4n) is 1.86. The van der Waals surface area contributed by atoms with Crippen molar-refractivity contribution in [1.29, 1.82) is 0 Å². The van der Waals surface area contributed by atoms with Crippen molar-refractivity contribution in [1.82, 2.24) is 5.32 Å². The predicted molar refractivity (Wildman–Crippen MR) is 72.1 cm³/mol. The topological polar surface area (TPSA) is 21.3 Å². The lowest BCUT2D eigenvalue weighted by molar-refractivity contribution is 0.404. The van der Waals surface area contributed by atoms with Crippen molar-refractivity contribution >= 4 is 15.9 Å². The molecular weight excluding hydrogens is 266 g/mol. The zero-order chi connectivity index (χ0) is 12.1. The van der Waals surface area contributed by atoms with Crippen LogP contribution in [0, 0.1) is 0 Å². The van der Waals surface area contributed by atoms with Crippen molar-refractivity contribution in [2.75, 3.05) is 7.11 Å². The molecule has 0 saturated carbocycles. The van der Waals surface area contributed by atoms with Crippen LogP contribution in [0.4, 0.5) is 0 Å². The summed E-state index contributed by atoms with van der Waals surface area (Å²) in [5.74, 6) is 0.959. The second-order valence-electron chi connectivity index (χ2n) is 4.38. The molecule has 0 aromatic heterocycles. The van der Waals surface area contributed by atoms with Crippen molar-refractivity contribution in [2.45, 2.75) is 39.3 Å². The standard InChI is InChI=1S/C13H20BrNO/c1-9(2)15-10(3)7-11-8-12(14)5-6-13(11)16-4/h5-6,8-10,15H,7H2,1-4H3. The molecule has 0 heterocycles. The van der Waals surface area contributed by atoms with Crippen LogP contribution < -0.4 is 10.1 Å². The third-order valence-electron chi connectivity index (χ3n) is 2.39. The first-order chi connectivity index (χ1) is 7.52. The first-order valence-electron chi connectivity index (χ1n) is 5.61. The molecule has 1 aromatic rings. The van der Waals surface area contributed by atoms with Crippen LogP contribution in [0.3, 0.4) is 0 Å². The summed E-state index contributed by atoms with van der Waals surface area (Å²) in [5, 5.41) is 3.49. The monoisotopic (exact) mass is 285 g/mol. The number of methoxy groups -OCH3 is 1. The third-order valence-corrected chi connectivity index (χ3v) is 2.88. The van der Waals surface area contributed by atoms with Gasteiger partial charge in [-0.1, -0.05) is 29.8 Å². The summed E-state index contributed by atoms with van der Waals surface area (Å²) in [5.41, 5.74) is 1.23. The summed E-state index contributed by atoms with van der Waals surface area (Å²) in [7, 11) is 1.72. The summed E-state index contributed by atoms with van der Waals surface area (Å²) in [6, 6.07) is 7.08. The summed E-state index contributed by atoms with van der Waals surface area (Å²) in [6.07, 6.45) is 0.973. The molecular formula is C13H20BrNO. The second-order valence-corrected chi connectivity index (χ2v) is 5.30.